The summed E-state index contributed by atoms with van der Waals surface area (Å²) in [7, 11) is 0. The zero-order valence-corrected chi connectivity index (χ0v) is 30.9. The fourth-order valence-electron chi connectivity index (χ4n) is 9.13. The Kier molecular flexibility index (Phi) is 6.89. The Morgan fingerprint density at radius 1 is 0.263 bits per heavy atom. The molecule has 0 aliphatic rings. The predicted octanol–water partition coefficient (Wildman–Crippen LogP) is 13.7. The smallest absolute Gasteiger partial charge is 0.0701 e. The van der Waals surface area contributed by atoms with Gasteiger partial charge in [-0.1, -0.05) is 103 Å². The largest absolute Gasteiger partial charge is 0.309 e. The minimum Gasteiger partial charge on any atom is -0.309 e. The van der Waals surface area contributed by atoms with E-state index in [4.69, 9.17) is 0 Å². The first-order valence-electron chi connectivity index (χ1n) is 19.5. The standard InChI is InChI=1S/C53H34N4/c1-2-12-38(13-3-1)55-49-19-8-6-16-43(49)46-34-40(27-30-53(46)55)57-50-20-9-5-15-42(50)45-33-37(24-29-52(45)57)36-23-28-51-44(32-36)41-14-4-7-18-48(41)56(51)39-25-21-35(22-26-39)47-17-10-11-31-54-47/h1-34H. The molecule has 0 fully saturated rings. The van der Waals surface area contributed by atoms with Gasteiger partial charge in [-0.15, -0.1) is 0 Å². The average molecular weight is 727 g/mol. The van der Waals surface area contributed by atoms with Crippen molar-refractivity contribution >= 4 is 65.4 Å². The molecule has 0 atom stereocenters. The number of para-hydroxylation sites is 4. The van der Waals surface area contributed by atoms with E-state index in [1.54, 1.807) is 0 Å². The molecule has 4 heterocycles. The molecule has 0 radical (unpaired) electrons. The van der Waals surface area contributed by atoms with Crippen molar-refractivity contribution in [2.75, 3.05) is 0 Å². The van der Waals surface area contributed by atoms with Crippen LogP contribution in [0, 0.1) is 0 Å². The van der Waals surface area contributed by atoms with Gasteiger partial charge in [-0.3, -0.25) is 4.98 Å². The van der Waals surface area contributed by atoms with Crippen LogP contribution in [0.5, 0.6) is 0 Å². The zero-order valence-electron chi connectivity index (χ0n) is 30.9. The van der Waals surface area contributed by atoms with Gasteiger partial charge in [0, 0.05) is 61.1 Å². The quantitative estimate of drug-likeness (QED) is 0.174. The van der Waals surface area contributed by atoms with E-state index in [2.05, 4.69) is 207 Å². The number of nitrogens with zero attached hydrogens (tertiary/aromatic N) is 4. The lowest BCUT2D eigenvalue weighted by atomic mass is 10.0. The van der Waals surface area contributed by atoms with Crippen LogP contribution in [0.2, 0.25) is 0 Å². The van der Waals surface area contributed by atoms with Crippen LogP contribution in [0.4, 0.5) is 0 Å². The maximum Gasteiger partial charge on any atom is 0.0701 e. The number of hydrogen-bond donors (Lipinski definition) is 0. The first kappa shape index (κ1) is 31.6. The second-order valence-electron chi connectivity index (χ2n) is 14.8. The molecule has 0 spiro atoms. The predicted molar refractivity (Wildman–Crippen MR) is 238 cm³/mol. The van der Waals surface area contributed by atoms with Gasteiger partial charge in [0.2, 0.25) is 0 Å². The van der Waals surface area contributed by atoms with Gasteiger partial charge in [0.05, 0.1) is 38.8 Å². The van der Waals surface area contributed by atoms with Crippen LogP contribution in [0.15, 0.2) is 206 Å². The third-order valence-electron chi connectivity index (χ3n) is 11.7. The van der Waals surface area contributed by atoms with Gasteiger partial charge in [0.15, 0.2) is 0 Å². The lowest BCUT2D eigenvalue weighted by molar-refractivity contribution is 1.17. The molecule has 0 aliphatic carbocycles. The molecule has 266 valence electrons. The second kappa shape index (κ2) is 12.4. The summed E-state index contributed by atoms with van der Waals surface area (Å²) in [6.45, 7) is 0. The zero-order chi connectivity index (χ0) is 37.5. The topological polar surface area (TPSA) is 27.7 Å². The molecule has 0 saturated heterocycles. The van der Waals surface area contributed by atoms with E-state index < -0.39 is 0 Å². The van der Waals surface area contributed by atoms with Crippen LogP contribution in [0.3, 0.4) is 0 Å². The molecule has 12 rings (SSSR count). The van der Waals surface area contributed by atoms with Crippen molar-refractivity contribution in [2.45, 2.75) is 0 Å². The fraction of sp³-hybridized carbons (Fsp3) is 0. The Morgan fingerprint density at radius 3 is 1.21 bits per heavy atom. The molecule has 57 heavy (non-hydrogen) atoms. The van der Waals surface area contributed by atoms with Crippen molar-refractivity contribution in [1.82, 2.24) is 18.7 Å². The van der Waals surface area contributed by atoms with Gasteiger partial charge in [0.1, 0.15) is 0 Å². The van der Waals surface area contributed by atoms with Crippen LogP contribution in [0.1, 0.15) is 0 Å². The van der Waals surface area contributed by atoms with Gasteiger partial charge >= 0.3 is 0 Å². The van der Waals surface area contributed by atoms with E-state index in [9.17, 15) is 0 Å². The maximum absolute atomic E-state index is 4.55. The number of rotatable bonds is 5. The molecular formula is C53H34N4. The van der Waals surface area contributed by atoms with Gasteiger partial charge in [-0.05, 0) is 108 Å². The average Bonchev–Trinajstić information content (AvgIpc) is 3.92. The van der Waals surface area contributed by atoms with Crippen molar-refractivity contribution in [3.05, 3.63) is 206 Å². The van der Waals surface area contributed by atoms with E-state index in [0.717, 1.165) is 22.6 Å². The molecule has 0 aliphatic heterocycles. The molecule has 12 aromatic rings. The Morgan fingerprint density at radius 2 is 0.667 bits per heavy atom. The van der Waals surface area contributed by atoms with Gasteiger partial charge in [-0.2, -0.15) is 0 Å². The lowest BCUT2D eigenvalue weighted by Crippen LogP contribution is -1.95. The molecule has 4 aromatic heterocycles. The van der Waals surface area contributed by atoms with E-state index in [1.165, 1.54) is 82.2 Å². The highest BCUT2D eigenvalue weighted by Crippen LogP contribution is 2.40. The molecule has 0 unspecified atom stereocenters. The summed E-state index contributed by atoms with van der Waals surface area (Å²) in [4.78, 5) is 4.55. The third-order valence-corrected chi connectivity index (χ3v) is 11.7. The summed E-state index contributed by atoms with van der Waals surface area (Å²) in [6, 6.07) is 72.5. The van der Waals surface area contributed by atoms with Crippen molar-refractivity contribution in [1.29, 1.82) is 0 Å². The van der Waals surface area contributed by atoms with Crippen LogP contribution in [-0.2, 0) is 0 Å². The third kappa shape index (κ3) is 4.84. The highest BCUT2D eigenvalue weighted by Gasteiger charge is 2.18. The van der Waals surface area contributed by atoms with Gasteiger partial charge < -0.3 is 13.7 Å². The summed E-state index contributed by atoms with van der Waals surface area (Å²) in [5, 5.41) is 7.45. The molecule has 0 amide bonds. The Balaban J connectivity index is 0.996. The number of fused-ring (bicyclic) bond motifs is 9. The number of aromatic nitrogens is 4. The van der Waals surface area contributed by atoms with Gasteiger partial charge in [-0.25, -0.2) is 0 Å². The number of pyridine rings is 1. The van der Waals surface area contributed by atoms with E-state index in [1.807, 2.05) is 18.3 Å². The Bertz CT molecular complexity index is 3500. The summed E-state index contributed by atoms with van der Waals surface area (Å²) < 4.78 is 7.18. The maximum atomic E-state index is 4.55. The molecule has 8 aromatic carbocycles. The molecule has 0 bridgehead atoms. The minimum absolute atomic E-state index is 0.976. The highest BCUT2D eigenvalue weighted by molar-refractivity contribution is 6.14. The van der Waals surface area contributed by atoms with E-state index >= 15 is 0 Å². The SMILES string of the molecule is c1ccc(-n2c3ccccc3c3cc(-n4c5ccccc5c5cc(-c6ccc7c(c6)c6ccccc6n7-c6ccc(-c7ccccn7)cc6)ccc54)ccc32)cc1. The van der Waals surface area contributed by atoms with Crippen molar-refractivity contribution in [2.24, 2.45) is 0 Å². The first-order valence-corrected chi connectivity index (χ1v) is 19.5. The number of hydrogen-bond acceptors (Lipinski definition) is 1. The summed E-state index contributed by atoms with van der Waals surface area (Å²) in [5.41, 5.74) is 15.1. The van der Waals surface area contributed by atoms with Crippen LogP contribution < -0.4 is 0 Å². The second-order valence-corrected chi connectivity index (χ2v) is 14.8. The normalized spacial score (nSPS) is 11.9. The monoisotopic (exact) mass is 726 g/mol. The Labute approximate surface area is 328 Å². The molecule has 4 heteroatoms. The molecule has 4 nitrogen and oxygen atoms in total. The van der Waals surface area contributed by atoms with Crippen LogP contribution in [-0.4, -0.2) is 18.7 Å². The van der Waals surface area contributed by atoms with Crippen molar-refractivity contribution in [3.8, 4) is 39.4 Å². The van der Waals surface area contributed by atoms with Crippen LogP contribution in [0.25, 0.3) is 105 Å². The first-order chi connectivity index (χ1) is 28.3. The number of benzene rings is 8. The summed E-state index contributed by atoms with van der Waals surface area (Å²) >= 11 is 0. The van der Waals surface area contributed by atoms with E-state index in [0.29, 0.717) is 0 Å². The highest BCUT2D eigenvalue weighted by atomic mass is 15.0. The molecular weight excluding hydrogens is 693 g/mol. The van der Waals surface area contributed by atoms with Crippen molar-refractivity contribution in [3.63, 3.8) is 0 Å². The van der Waals surface area contributed by atoms with E-state index in [-0.39, 0.29) is 0 Å². The van der Waals surface area contributed by atoms with Crippen LogP contribution >= 0.6 is 0 Å². The van der Waals surface area contributed by atoms with Gasteiger partial charge in [0.25, 0.3) is 0 Å². The summed E-state index contributed by atoms with van der Waals surface area (Å²) in [5.74, 6) is 0. The van der Waals surface area contributed by atoms with Crippen molar-refractivity contribution < 1.29 is 0 Å². The fourth-order valence-corrected chi connectivity index (χ4v) is 9.13. The molecule has 0 saturated carbocycles. The summed E-state index contributed by atoms with van der Waals surface area (Å²) in [6.07, 6.45) is 1.84. The molecule has 0 N–H and O–H groups in total. The lowest BCUT2D eigenvalue weighted by Gasteiger charge is -2.11. The minimum atomic E-state index is 0.976. The Hall–Kier alpha value is -7.69.